The van der Waals surface area contributed by atoms with Crippen LogP contribution in [0, 0.1) is 0 Å². The number of rotatable bonds is 9. The molecule has 224 valence electrons. The minimum atomic E-state index is -0.502. The van der Waals surface area contributed by atoms with Crippen molar-refractivity contribution in [2.75, 3.05) is 40.3 Å². The Morgan fingerprint density at radius 2 is 1.51 bits per heavy atom. The number of hydrogen-bond acceptors (Lipinski definition) is 3. The van der Waals surface area contributed by atoms with Gasteiger partial charge in [0.05, 0.1) is 15.5 Å². The first kappa shape index (κ1) is 36.4. The predicted octanol–water partition coefficient (Wildman–Crippen LogP) is 4.79. The Bertz CT molecular complexity index is 1240. The summed E-state index contributed by atoms with van der Waals surface area (Å²) >= 11 is 12.6. The summed E-state index contributed by atoms with van der Waals surface area (Å²) in [4.78, 5) is 30.3. The lowest BCUT2D eigenvalue weighted by atomic mass is 9.72. The molecule has 1 heterocycles. The molecule has 1 aliphatic rings. The minimum Gasteiger partial charge on any atom is -0.412 e. The summed E-state index contributed by atoms with van der Waals surface area (Å²) in [5.41, 5.74) is 2.31. The topological polar surface area (TPSA) is 116 Å². The van der Waals surface area contributed by atoms with E-state index >= 15 is 0 Å². The van der Waals surface area contributed by atoms with Gasteiger partial charge < -0.3 is 26.1 Å². The third-order valence-electron chi connectivity index (χ3n) is 7.77. The van der Waals surface area contributed by atoms with Crippen molar-refractivity contribution in [1.29, 1.82) is 0 Å². The molecule has 5 N–H and O–H groups in total. The van der Waals surface area contributed by atoms with Gasteiger partial charge in [-0.2, -0.15) is 0 Å². The van der Waals surface area contributed by atoms with Crippen molar-refractivity contribution in [3.63, 3.8) is 0 Å². The van der Waals surface area contributed by atoms with Crippen LogP contribution in [0.5, 0.6) is 0 Å². The van der Waals surface area contributed by atoms with Crippen molar-refractivity contribution in [3.8, 4) is 0 Å². The molecule has 0 aliphatic carbocycles. The van der Waals surface area contributed by atoms with Gasteiger partial charge in [0.2, 0.25) is 5.91 Å². The average molecular weight is 625 g/mol. The molecule has 1 aliphatic heterocycles. The third kappa shape index (κ3) is 8.67. The van der Waals surface area contributed by atoms with E-state index in [4.69, 9.17) is 23.2 Å². The van der Waals surface area contributed by atoms with E-state index in [-0.39, 0.29) is 41.1 Å². The summed E-state index contributed by atoms with van der Waals surface area (Å²) in [7, 11) is 3.56. The van der Waals surface area contributed by atoms with Crippen molar-refractivity contribution in [2.45, 2.75) is 30.6 Å². The van der Waals surface area contributed by atoms with Gasteiger partial charge in [-0.3, -0.25) is 9.59 Å². The zero-order valence-corrected chi connectivity index (χ0v) is 25.7. The smallest absolute Gasteiger partial charge is 0.253 e. The van der Waals surface area contributed by atoms with Crippen LogP contribution in [0.4, 0.5) is 0 Å². The van der Waals surface area contributed by atoms with Gasteiger partial charge in [0.15, 0.2) is 0 Å². The molecule has 0 aromatic heterocycles. The number of likely N-dealkylation sites (N-methyl/N-ethyl adjacent to an activating group) is 2. The summed E-state index contributed by atoms with van der Waals surface area (Å²) in [6.07, 6.45) is 2.38. The fourth-order valence-electron chi connectivity index (χ4n) is 5.48. The zero-order chi connectivity index (χ0) is 27.1. The molecule has 3 aromatic carbocycles. The van der Waals surface area contributed by atoms with Crippen molar-refractivity contribution in [1.82, 2.24) is 15.1 Å². The van der Waals surface area contributed by atoms with Crippen LogP contribution < -0.4 is 5.32 Å². The van der Waals surface area contributed by atoms with E-state index in [9.17, 15) is 9.59 Å². The quantitative estimate of drug-likeness (QED) is 0.369. The van der Waals surface area contributed by atoms with Crippen molar-refractivity contribution < 1.29 is 20.5 Å². The number of nitrogens with zero attached hydrogens (tertiary/aromatic N) is 2. The largest absolute Gasteiger partial charge is 0.412 e. The fourth-order valence-corrected chi connectivity index (χ4v) is 5.79. The molecule has 0 radical (unpaired) electrons. The molecule has 0 saturated carbocycles. The van der Waals surface area contributed by atoms with Crippen LogP contribution in [-0.2, 0) is 10.2 Å². The van der Waals surface area contributed by atoms with Crippen LogP contribution in [0.15, 0.2) is 78.9 Å². The van der Waals surface area contributed by atoms with Gasteiger partial charge in [0, 0.05) is 32.1 Å². The van der Waals surface area contributed by atoms with E-state index in [1.807, 2.05) is 73.8 Å². The van der Waals surface area contributed by atoms with Gasteiger partial charge in [0.25, 0.3) is 5.91 Å². The monoisotopic (exact) mass is 623 g/mol. The SMILES string of the molecule is CNC(=O)C1(c2ccccc2)CCN(CCC(CN(C)C(=O)c2ccccc2)c2ccc(Cl)c(Cl)c2)CC1.Cl.O.O. The van der Waals surface area contributed by atoms with Crippen LogP contribution >= 0.6 is 35.6 Å². The molecule has 1 saturated heterocycles. The summed E-state index contributed by atoms with van der Waals surface area (Å²) < 4.78 is 0. The van der Waals surface area contributed by atoms with Crippen molar-refractivity contribution in [2.24, 2.45) is 0 Å². The lowest BCUT2D eigenvalue weighted by Crippen LogP contribution is -2.51. The van der Waals surface area contributed by atoms with Crippen LogP contribution in [0.1, 0.15) is 46.7 Å². The lowest BCUT2D eigenvalue weighted by molar-refractivity contribution is -0.128. The maximum atomic E-state index is 13.1. The highest BCUT2D eigenvalue weighted by molar-refractivity contribution is 6.42. The van der Waals surface area contributed by atoms with E-state index in [1.54, 1.807) is 11.9 Å². The normalized spacial score (nSPS) is 14.8. The molecule has 10 heteroatoms. The predicted molar refractivity (Wildman–Crippen MR) is 170 cm³/mol. The summed E-state index contributed by atoms with van der Waals surface area (Å²) in [6.45, 7) is 3.08. The summed E-state index contributed by atoms with van der Waals surface area (Å²) in [6, 6.07) is 25.2. The number of carbonyl (C=O) groups excluding carboxylic acids is 2. The maximum absolute atomic E-state index is 13.1. The molecular weight excluding hydrogens is 585 g/mol. The summed E-state index contributed by atoms with van der Waals surface area (Å²) in [5, 5.41) is 3.93. The number of carbonyl (C=O) groups is 2. The van der Waals surface area contributed by atoms with E-state index in [0.29, 0.717) is 22.2 Å². The number of hydrogen-bond donors (Lipinski definition) is 1. The number of halogens is 3. The number of nitrogens with one attached hydrogen (secondary N) is 1. The molecule has 3 aromatic rings. The highest BCUT2D eigenvalue weighted by atomic mass is 35.5. The second-order valence-corrected chi connectivity index (χ2v) is 10.9. The van der Waals surface area contributed by atoms with E-state index in [0.717, 1.165) is 50.0 Å². The molecule has 4 rings (SSSR count). The van der Waals surface area contributed by atoms with E-state index in [1.165, 1.54) is 0 Å². The Morgan fingerprint density at radius 3 is 2.07 bits per heavy atom. The molecule has 1 fully saturated rings. The Labute approximate surface area is 258 Å². The van der Waals surface area contributed by atoms with Gasteiger partial charge in [-0.15, -0.1) is 12.4 Å². The third-order valence-corrected chi connectivity index (χ3v) is 8.51. The Kier molecular flexibility index (Phi) is 14.8. The standard InChI is InChI=1S/C31H35Cl2N3O2.ClH.2H2O/c1-34-30(38)31(26-11-7-4-8-12-26)16-19-36(20-17-31)18-15-25(24-13-14-27(32)28(33)21-24)22-35(2)29(37)23-9-5-3-6-10-23;;;/h3-14,21,25H,15-20,22H2,1-2H3,(H,34,38);1H;2*1H2. The molecule has 0 bridgehead atoms. The van der Waals surface area contributed by atoms with Crippen molar-refractivity contribution >= 4 is 47.4 Å². The van der Waals surface area contributed by atoms with E-state index < -0.39 is 5.41 Å². The highest BCUT2D eigenvalue weighted by Gasteiger charge is 2.42. The first-order valence-corrected chi connectivity index (χ1v) is 13.8. The second-order valence-electron chi connectivity index (χ2n) is 10.1. The van der Waals surface area contributed by atoms with Gasteiger partial charge in [-0.1, -0.05) is 77.8 Å². The number of piperidine rings is 1. The number of likely N-dealkylation sites (tertiary alicyclic amines) is 1. The van der Waals surface area contributed by atoms with Gasteiger partial charge in [0.1, 0.15) is 0 Å². The first-order valence-electron chi connectivity index (χ1n) is 13.1. The first-order chi connectivity index (χ1) is 18.3. The Morgan fingerprint density at radius 1 is 0.927 bits per heavy atom. The maximum Gasteiger partial charge on any atom is 0.253 e. The van der Waals surface area contributed by atoms with Gasteiger partial charge in [-0.25, -0.2) is 0 Å². The molecular formula is C31H40Cl3N3O4. The van der Waals surface area contributed by atoms with Gasteiger partial charge in [-0.05, 0) is 74.3 Å². The van der Waals surface area contributed by atoms with Crippen molar-refractivity contribution in [3.05, 3.63) is 106 Å². The van der Waals surface area contributed by atoms with Crippen LogP contribution in [0.2, 0.25) is 10.0 Å². The number of amides is 2. The zero-order valence-electron chi connectivity index (χ0n) is 23.4. The summed E-state index contributed by atoms with van der Waals surface area (Å²) in [5.74, 6) is 0.159. The van der Waals surface area contributed by atoms with Crippen LogP contribution in [0.3, 0.4) is 0 Å². The molecule has 1 unspecified atom stereocenters. The molecule has 0 spiro atoms. The highest BCUT2D eigenvalue weighted by Crippen LogP contribution is 2.36. The molecule has 2 amide bonds. The lowest BCUT2D eigenvalue weighted by Gasteiger charge is -2.41. The fraction of sp³-hybridized carbons (Fsp3) is 0.355. The Hall–Kier alpha value is -2.65. The Balaban J connectivity index is 0.00000280. The van der Waals surface area contributed by atoms with Crippen LogP contribution in [-0.4, -0.2) is 72.8 Å². The minimum absolute atomic E-state index is 0. The number of benzene rings is 3. The van der Waals surface area contributed by atoms with Gasteiger partial charge >= 0.3 is 0 Å². The molecule has 1 atom stereocenters. The second kappa shape index (κ2) is 16.7. The molecule has 41 heavy (non-hydrogen) atoms. The molecule has 7 nitrogen and oxygen atoms in total. The van der Waals surface area contributed by atoms with Crippen LogP contribution in [0.25, 0.3) is 0 Å². The van der Waals surface area contributed by atoms with E-state index in [2.05, 4.69) is 22.3 Å². The average Bonchev–Trinajstić information content (AvgIpc) is 2.97.